The Bertz CT molecular complexity index is 882. The van der Waals surface area contributed by atoms with Crippen LogP contribution in [0.3, 0.4) is 0 Å². The van der Waals surface area contributed by atoms with Crippen LogP contribution in [0.1, 0.15) is 0 Å². The van der Waals surface area contributed by atoms with Gasteiger partial charge in [-0.3, -0.25) is 4.79 Å². The number of ether oxygens (including phenoxy) is 2. The van der Waals surface area contributed by atoms with Gasteiger partial charge in [0.25, 0.3) is 0 Å². The minimum Gasteiger partial charge on any atom is -0.497 e. The predicted octanol–water partition coefficient (Wildman–Crippen LogP) is 4.13. The Morgan fingerprint density at radius 2 is 1.73 bits per heavy atom. The number of hydrogen-bond donors (Lipinski definition) is 0. The van der Waals surface area contributed by atoms with Crippen molar-refractivity contribution < 1.29 is 13.9 Å². The zero-order valence-electron chi connectivity index (χ0n) is 12.1. The minimum atomic E-state index is -0.226. The average molecular weight is 317 g/mol. The lowest BCUT2D eigenvalue weighted by Gasteiger charge is -2.09. The summed E-state index contributed by atoms with van der Waals surface area (Å²) in [6, 6.07) is 12.0. The van der Waals surface area contributed by atoms with E-state index in [1.165, 1.54) is 7.11 Å². The molecule has 0 atom stereocenters. The van der Waals surface area contributed by atoms with Crippen molar-refractivity contribution in [2.75, 3.05) is 14.2 Å². The first kappa shape index (κ1) is 14.5. The van der Waals surface area contributed by atoms with Gasteiger partial charge in [-0.05, 0) is 36.4 Å². The molecule has 5 heteroatoms. The molecule has 0 bridgehead atoms. The first-order valence-electron chi connectivity index (χ1n) is 6.59. The lowest BCUT2D eigenvalue weighted by atomic mass is 10.1. The van der Waals surface area contributed by atoms with Crippen molar-refractivity contribution in [1.29, 1.82) is 0 Å². The largest absolute Gasteiger partial charge is 0.497 e. The van der Waals surface area contributed by atoms with Crippen LogP contribution in [0.5, 0.6) is 11.5 Å². The molecule has 112 valence electrons. The molecule has 1 heterocycles. The molecule has 4 nitrogen and oxygen atoms in total. The van der Waals surface area contributed by atoms with Crippen LogP contribution in [0.25, 0.3) is 22.3 Å². The van der Waals surface area contributed by atoms with Crippen LogP contribution < -0.4 is 14.9 Å². The third-order valence-corrected chi connectivity index (χ3v) is 3.62. The smallest absolute Gasteiger partial charge is 0.235 e. The van der Waals surface area contributed by atoms with Crippen molar-refractivity contribution in [3.8, 4) is 22.8 Å². The van der Waals surface area contributed by atoms with E-state index in [2.05, 4.69) is 0 Å². The number of halogens is 1. The normalized spacial score (nSPS) is 10.7. The third kappa shape index (κ3) is 2.42. The van der Waals surface area contributed by atoms with Gasteiger partial charge < -0.3 is 13.9 Å². The monoisotopic (exact) mass is 316 g/mol. The lowest BCUT2D eigenvalue weighted by molar-refractivity contribution is 0.397. The Morgan fingerprint density at radius 3 is 2.36 bits per heavy atom. The molecule has 0 fully saturated rings. The molecule has 0 aliphatic carbocycles. The third-order valence-electron chi connectivity index (χ3n) is 3.37. The van der Waals surface area contributed by atoms with Crippen LogP contribution in [0.4, 0.5) is 0 Å². The van der Waals surface area contributed by atoms with Crippen molar-refractivity contribution in [3.05, 3.63) is 57.7 Å². The molecule has 0 unspecified atom stereocenters. The van der Waals surface area contributed by atoms with Crippen molar-refractivity contribution >= 4 is 22.6 Å². The molecule has 0 spiro atoms. The van der Waals surface area contributed by atoms with Gasteiger partial charge in [-0.15, -0.1) is 0 Å². The van der Waals surface area contributed by atoms with E-state index in [0.717, 1.165) is 0 Å². The Hall–Kier alpha value is -2.46. The molecular weight excluding hydrogens is 304 g/mol. The van der Waals surface area contributed by atoms with E-state index >= 15 is 0 Å². The first-order valence-corrected chi connectivity index (χ1v) is 6.96. The van der Waals surface area contributed by atoms with Gasteiger partial charge >= 0.3 is 0 Å². The summed E-state index contributed by atoms with van der Waals surface area (Å²) in [7, 11) is 3.00. The summed E-state index contributed by atoms with van der Waals surface area (Å²) in [6.45, 7) is 0. The molecule has 1 aromatic heterocycles. The van der Waals surface area contributed by atoms with Crippen LogP contribution in [0, 0.1) is 0 Å². The van der Waals surface area contributed by atoms with E-state index in [9.17, 15) is 4.79 Å². The maximum Gasteiger partial charge on any atom is 0.235 e. The predicted molar refractivity (Wildman–Crippen MR) is 86.0 cm³/mol. The molecule has 0 radical (unpaired) electrons. The van der Waals surface area contributed by atoms with E-state index in [1.54, 1.807) is 49.6 Å². The Balaban J connectivity index is 2.32. The molecular formula is C17H13ClO4. The number of benzene rings is 2. The van der Waals surface area contributed by atoms with Crippen LogP contribution in [0.15, 0.2) is 51.7 Å². The summed E-state index contributed by atoms with van der Waals surface area (Å²) in [5.41, 5.74) is 0.925. The number of rotatable bonds is 3. The van der Waals surface area contributed by atoms with E-state index in [0.29, 0.717) is 33.1 Å². The van der Waals surface area contributed by atoms with Gasteiger partial charge in [0.1, 0.15) is 11.3 Å². The molecule has 0 aliphatic heterocycles. The molecule has 0 saturated carbocycles. The standard InChI is InChI=1S/C17H13ClO4/c1-20-12-7-8-13-14(9-12)22-16(17(21-2)15(13)19)10-3-5-11(18)6-4-10/h3-9H,1-2H3. The highest BCUT2D eigenvalue weighted by molar-refractivity contribution is 6.30. The maximum atomic E-state index is 12.6. The molecule has 0 aliphatic rings. The molecule has 0 saturated heterocycles. The zero-order valence-corrected chi connectivity index (χ0v) is 12.8. The van der Waals surface area contributed by atoms with Crippen LogP contribution in [0.2, 0.25) is 5.02 Å². The molecule has 2 aromatic carbocycles. The van der Waals surface area contributed by atoms with Crippen molar-refractivity contribution in [3.63, 3.8) is 0 Å². The van der Waals surface area contributed by atoms with E-state index in [4.69, 9.17) is 25.5 Å². The van der Waals surface area contributed by atoms with Crippen LogP contribution in [-0.4, -0.2) is 14.2 Å². The zero-order chi connectivity index (χ0) is 15.7. The van der Waals surface area contributed by atoms with Crippen molar-refractivity contribution in [2.24, 2.45) is 0 Å². The van der Waals surface area contributed by atoms with Gasteiger partial charge in [0.2, 0.25) is 11.2 Å². The van der Waals surface area contributed by atoms with Gasteiger partial charge in [0.15, 0.2) is 5.76 Å². The summed E-state index contributed by atoms with van der Waals surface area (Å²) in [6.07, 6.45) is 0. The Labute approximate surface area is 131 Å². The second-order valence-corrected chi connectivity index (χ2v) is 5.10. The molecule has 3 rings (SSSR count). The minimum absolute atomic E-state index is 0.167. The van der Waals surface area contributed by atoms with Gasteiger partial charge in [0, 0.05) is 16.7 Å². The topological polar surface area (TPSA) is 48.7 Å². The van der Waals surface area contributed by atoms with Crippen molar-refractivity contribution in [2.45, 2.75) is 0 Å². The SMILES string of the molecule is COc1ccc2c(=O)c(OC)c(-c3ccc(Cl)cc3)oc2c1. The fraction of sp³-hybridized carbons (Fsp3) is 0.118. The number of hydrogen-bond acceptors (Lipinski definition) is 4. The highest BCUT2D eigenvalue weighted by Gasteiger charge is 2.17. The molecule has 22 heavy (non-hydrogen) atoms. The summed E-state index contributed by atoms with van der Waals surface area (Å²) in [5, 5.41) is 1.04. The van der Waals surface area contributed by atoms with Crippen molar-refractivity contribution in [1.82, 2.24) is 0 Å². The quantitative estimate of drug-likeness (QED) is 0.729. The van der Waals surface area contributed by atoms with Crippen LogP contribution in [-0.2, 0) is 0 Å². The molecule has 0 amide bonds. The van der Waals surface area contributed by atoms with E-state index < -0.39 is 0 Å². The van der Waals surface area contributed by atoms with Crippen LogP contribution >= 0.6 is 11.6 Å². The van der Waals surface area contributed by atoms with Gasteiger partial charge in [0.05, 0.1) is 19.6 Å². The van der Waals surface area contributed by atoms with E-state index in [-0.39, 0.29) is 11.2 Å². The average Bonchev–Trinajstić information content (AvgIpc) is 2.55. The Kier molecular flexibility index (Phi) is 3.77. The molecule has 0 N–H and O–H groups in total. The second kappa shape index (κ2) is 5.73. The highest BCUT2D eigenvalue weighted by Crippen LogP contribution is 2.32. The highest BCUT2D eigenvalue weighted by atomic mass is 35.5. The summed E-state index contributed by atoms with van der Waals surface area (Å²) < 4.78 is 16.3. The van der Waals surface area contributed by atoms with Gasteiger partial charge in [-0.2, -0.15) is 0 Å². The first-order chi connectivity index (χ1) is 10.6. The van der Waals surface area contributed by atoms with Gasteiger partial charge in [-0.25, -0.2) is 0 Å². The number of methoxy groups -OCH3 is 2. The molecule has 3 aromatic rings. The van der Waals surface area contributed by atoms with Gasteiger partial charge in [-0.1, -0.05) is 11.6 Å². The second-order valence-electron chi connectivity index (χ2n) is 4.66. The van der Waals surface area contributed by atoms with E-state index in [1.807, 2.05) is 0 Å². The fourth-order valence-corrected chi connectivity index (χ4v) is 2.39. The number of fused-ring (bicyclic) bond motifs is 1. The summed E-state index contributed by atoms with van der Waals surface area (Å²) in [4.78, 5) is 12.6. The lowest BCUT2D eigenvalue weighted by Crippen LogP contribution is -2.07. The summed E-state index contributed by atoms with van der Waals surface area (Å²) >= 11 is 5.90. The summed E-state index contributed by atoms with van der Waals surface area (Å²) in [5.74, 6) is 1.15. The maximum absolute atomic E-state index is 12.6. The fourth-order valence-electron chi connectivity index (χ4n) is 2.26. The Morgan fingerprint density at radius 1 is 1.00 bits per heavy atom.